The Labute approximate surface area is 268 Å². The molecule has 2 aliphatic heterocycles. The van der Waals surface area contributed by atoms with E-state index < -0.39 is 10.8 Å². The number of hydrogen-bond acceptors (Lipinski definition) is 5. The Kier molecular flexibility index (Phi) is 6.93. The van der Waals surface area contributed by atoms with E-state index in [4.69, 9.17) is 0 Å². The second-order valence-corrected chi connectivity index (χ2v) is 13.4. The zero-order chi connectivity index (χ0) is 32.4. The molecule has 7 rings (SSSR count). The Morgan fingerprint density at radius 2 is 1.39 bits per heavy atom. The van der Waals surface area contributed by atoms with Crippen LogP contribution in [0.3, 0.4) is 0 Å². The number of hydrogen-bond donors (Lipinski definition) is 1. The topological polar surface area (TPSA) is 77.7 Å². The van der Waals surface area contributed by atoms with Crippen molar-refractivity contribution in [2.24, 2.45) is 0 Å². The third-order valence-corrected chi connectivity index (χ3v) is 10.0. The second kappa shape index (κ2) is 10.8. The second-order valence-electron chi connectivity index (χ2n) is 13.4. The number of anilines is 1. The molecule has 0 saturated carbocycles. The Morgan fingerprint density at radius 3 is 2.04 bits per heavy atom. The molecule has 0 aromatic heterocycles. The molecule has 0 amide bonds. The zero-order valence-corrected chi connectivity index (χ0v) is 26.6. The van der Waals surface area contributed by atoms with E-state index in [2.05, 4.69) is 85.7 Å². The molecule has 4 aromatic rings. The van der Waals surface area contributed by atoms with E-state index in [1.807, 2.05) is 36.4 Å². The molecule has 0 radical (unpaired) electrons. The fourth-order valence-electron chi connectivity index (χ4n) is 7.82. The number of Topliss-reactive ketones (excluding diaryl/α,β-unsaturated/α-hetero) is 1. The van der Waals surface area contributed by atoms with Gasteiger partial charge in [-0.05, 0) is 59.2 Å². The van der Waals surface area contributed by atoms with Gasteiger partial charge in [0.15, 0.2) is 12.3 Å². The van der Waals surface area contributed by atoms with Crippen molar-refractivity contribution in [1.29, 1.82) is 0 Å². The number of ketones is 1. The molecule has 0 saturated heterocycles. The van der Waals surface area contributed by atoms with Gasteiger partial charge in [0.25, 0.3) is 0 Å². The number of aldehydes is 2. The van der Waals surface area contributed by atoms with Crippen LogP contribution in [0.2, 0.25) is 0 Å². The van der Waals surface area contributed by atoms with Crippen molar-refractivity contribution in [3.05, 3.63) is 119 Å². The molecule has 4 aromatic carbocycles. The number of carbonyl (C=O) groups is 3. The zero-order valence-electron chi connectivity index (χ0n) is 26.6. The van der Waals surface area contributed by atoms with E-state index >= 15 is 0 Å². The third kappa shape index (κ3) is 4.23. The van der Waals surface area contributed by atoms with Crippen LogP contribution < -0.4 is 4.90 Å². The lowest BCUT2D eigenvalue weighted by Crippen LogP contribution is -2.32. The summed E-state index contributed by atoms with van der Waals surface area (Å²) in [4.78, 5) is 38.9. The van der Waals surface area contributed by atoms with Crippen LogP contribution >= 0.6 is 0 Å². The first-order chi connectivity index (χ1) is 22.1. The maximum absolute atomic E-state index is 13.9. The van der Waals surface area contributed by atoms with Gasteiger partial charge in [0.05, 0.1) is 23.0 Å². The van der Waals surface area contributed by atoms with Crippen molar-refractivity contribution in [1.82, 2.24) is 0 Å². The van der Waals surface area contributed by atoms with Gasteiger partial charge in [0.2, 0.25) is 11.5 Å². The highest BCUT2D eigenvalue weighted by atomic mass is 16.3. The van der Waals surface area contributed by atoms with Crippen LogP contribution in [0.25, 0.3) is 21.5 Å². The quantitative estimate of drug-likeness (QED) is 0.127. The number of benzene rings is 4. The standard InChI is InChI=1S/C40H36N2O4/c1-39(2)33(41(19-9-21-43)31-17-15-25-11-5-7-13-27(25)35(31)39)23-29-37(45)30(38(29)46)24-34-40(3,4)36-28-14-8-6-12-26(28)16-18-32(36)42(34)20-10-22-44/h5-8,11-18,21-24H,9-10,19-20H2,1-4H3/p+1. The molecular weight excluding hydrogens is 572 g/mol. The summed E-state index contributed by atoms with van der Waals surface area (Å²) in [6.45, 7) is 9.47. The fourth-order valence-corrected chi connectivity index (χ4v) is 7.82. The Morgan fingerprint density at radius 1 is 0.761 bits per heavy atom. The van der Waals surface area contributed by atoms with Gasteiger partial charge in [0.1, 0.15) is 18.3 Å². The van der Waals surface area contributed by atoms with Crippen molar-refractivity contribution in [3.8, 4) is 0 Å². The minimum Gasteiger partial charge on any atom is -0.506 e. The van der Waals surface area contributed by atoms with E-state index in [-0.39, 0.29) is 22.7 Å². The molecular formula is C40H37N2O4+. The Hall–Kier alpha value is -5.10. The highest BCUT2D eigenvalue weighted by Gasteiger charge is 2.48. The molecule has 0 bridgehead atoms. The van der Waals surface area contributed by atoms with Gasteiger partial charge in [-0.25, -0.2) is 0 Å². The number of rotatable bonds is 8. The monoisotopic (exact) mass is 609 g/mol. The van der Waals surface area contributed by atoms with Crippen LogP contribution in [0, 0.1) is 0 Å². The van der Waals surface area contributed by atoms with Gasteiger partial charge in [0, 0.05) is 47.5 Å². The fraction of sp³-hybridized carbons (Fsp3) is 0.250. The number of aliphatic hydroxyl groups excluding tert-OH is 1. The summed E-state index contributed by atoms with van der Waals surface area (Å²) in [5.41, 5.74) is 5.62. The van der Waals surface area contributed by atoms with Gasteiger partial charge in [-0.3, -0.25) is 4.79 Å². The van der Waals surface area contributed by atoms with Crippen LogP contribution in [-0.4, -0.2) is 46.8 Å². The lowest BCUT2D eigenvalue weighted by Gasteiger charge is -2.29. The summed E-state index contributed by atoms with van der Waals surface area (Å²) in [6.07, 6.45) is 6.12. The number of nitrogens with zero attached hydrogens (tertiary/aromatic N) is 2. The molecule has 3 aliphatic rings. The van der Waals surface area contributed by atoms with Gasteiger partial charge >= 0.3 is 0 Å². The van der Waals surface area contributed by atoms with Crippen molar-refractivity contribution in [2.45, 2.75) is 51.4 Å². The lowest BCUT2D eigenvalue weighted by molar-refractivity contribution is -0.435. The summed E-state index contributed by atoms with van der Waals surface area (Å²) in [7, 11) is 0. The minimum absolute atomic E-state index is 0.0381. The molecule has 46 heavy (non-hydrogen) atoms. The summed E-state index contributed by atoms with van der Waals surface area (Å²) in [5, 5.41) is 16.0. The number of fused-ring (bicyclic) bond motifs is 6. The molecule has 0 fully saturated rings. The molecule has 0 spiro atoms. The number of allylic oxidation sites excluding steroid dienone is 5. The average Bonchev–Trinajstić information content (AvgIpc) is 3.41. The van der Waals surface area contributed by atoms with Crippen LogP contribution in [0.15, 0.2) is 108 Å². The molecule has 0 atom stereocenters. The predicted octanol–water partition coefficient (Wildman–Crippen LogP) is 7.55. The lowest BCUT2D eigenvalue weighted by atomic mass is 9.76. The first-order valence-corrected chi connectivity index (χ1v) is 15.9. The van der Waals surface area contributed by atoms with E-state index in [1.165, 1.54) is 0 Å². The minimum atomic E-state index is -0.484. The van der Waals surface area contributed by atoms with Gasteiger partial charge in [-0.15, -0.1) is 0 Å². The highest BCUT2D eigenvalue weighted by Crippen LogP contribution is 2.52. The van der Waals surface area contributed by atoms with E-state index in [0.29, 0.717) is 25.9 Å². The van der Waals surface area contributed by atoms with Crippen molar-refractivity contribution in [3.63, 3.8) is 0 Å². The van der Waals surface area contributed by atoms with Gasteiger partial charge in [-0.1, -0.05) is 68.4 Å². The highest BCUT2D eigenvalue weighted by molar-refractivity contribution is 6.24. The maximum atomic E-state index is 13.9. The maximum Gasteiger partial charge on any atom is 0.210 e. The number of carbonyl (C=O) groups excluding carboxylic acids is 3. The Balaban J connectivity index is 1.34. The molecule has 230 valence electrons. The van der Waals surface area contributed by atoms with Crippen LogP contribution in [0.1, 0.15) is 51.7 Å². The van der Waals surface area contributed by atoms with Gasteiger partial charge in [-0.2, -0.15) is 4.58 Å². The molecule has 1 aliphatic carbocycles. The first kappa shape index (κ1) is 29.6. The summed E-state index contributed by atoms with van der Waals surface area (Å²) >= 11 is 0. The van der Waals surface area contributed by atoms with E-state index in [0.717, 1.165) is 68.0 Å². The largest absolute Gasteiger partial charge is 0.506 e. The SMILES string of the molecule is CC1(C)C(/C=C2\C(=O)C(/C=C3/N(CCC=O)c4ccc5ccccc5c4C3(C)C)=C2O)=[N+](CCC=O)c2ccc3ccccc3c21. The molecule has 1 N–H and O–H groups in total. The molecule has 2 heterocycles. The van der Waals surface area contributed by atoms with Gasteiger partial charge < -0.3 is 19.6 Å². The summed E-state index contributed by atoms with van der Waals surface area (Å²) < 4.78 is 2.11. The molecule has 0 unspecified atom stereocenters. The predicted molar refractivity (Wildman–Crippen MR) is 183 cm³/mol. The van der Waals surface area contributed by atoms with Crippen molar-refractivity contribution >= 4 is 57.0 Å². The van der Waals surface area contributed by atoms with Crippen LogP contribution in [0.5, 0.6) is 0 Å². The van der Waals surface area contributed by atoms with Crippen LogP contribution in [0.4, 0.5) is 11.4 Å². The normalized spacial score (nSPS) is 19.7. The van der Waals surface area contributed by atoms with Crippen molar-refractivity contribution < 1.29 is 24.1 Å². The first-order valence-electron chi connectivity index (χ1n) is 15.9. The smallest absolute Gasteiger partial charge is 0.210 e. The Bertz CT molecular complexity index is 2130. The van der Waals surface area contributed by atoms with Crippen LogP contribution in [-0.2, 0) is 25.2 Å². The average molecular weight is 610 g/mol. The third-order valence-electron chi connectivity index (χ3n) is 10.0. The summed E-state index contributed by atoms with van der Waals surface area (Å²) in [5.74, 6) is -0.264. The van der Waals surface area contributed by atoms with E-state index in [1.54, 1.807) is 0 Å². The van der Waals surface area contributed by atoms with Crippen molar-refractivity contribution in [2.75, 3.05) is 18.0 Å². The van der Waals surface area contributed by atoms with E-state index in [9.17, 15) is 19.5 Å². The number of aliphatic hydroxyl groups is 1. The summed E-state index contributed by atoms with van der Waals surface area (Å²) in [6, 6.07) is 24.8. The molecule has 6 heteroatoms. The molecule has 6 nitrogen and oxygen atoms in total.